The minimum Gasteiger partial charge on any atom is -0.464 e. The number of halogens is 1. The highest BCUT2D eigenvalue weighted by molar-refractivity contribution is 9.10. The zero-order valence-corrected chi connectivity index (χ0v) is 13.5. The summed E-state index contributed by atoms with van der Waals surface area (Å²) in [6.45, 7) is 2.29. The Labute approximate surface area is 129 Å². The predicted molar refractivity (Wildman–Crippen MR) is 84.8 cm³/mol. The van der Waals surface area contributed by atoms with Gasteiger partial charge in [0.15, 0.2) is 0 Å². The van der Waals surface area contributed by atoms with E-state index in [1.165, 1.54) is 19.3 Å². The van der Waals surface area contributed by atoms with Crippen molar-refractivity contribution >= 4 is 27.6 Å². The molecular weight excluding hydrogens is 318 g/mol. The zero-order chi connectivity index (χ0) is 14.4. The molecule has 4 heteroatoms. The number of hydrogen-bond acceptors (Lipinski definition) is 3. The third kappa shape index (κ3) is 3.98. The molecule has 0 spiro atoms. The fourth-order valence-electron chi connectivity index (χ4n) is 2.81. The smallest absolute Gasteiger partial charge is 0.328 e. The van der Waals surface area contributed by atoms with E-state index in [9.17, 15) is 4.79 Å². The molecule has 1 aliphatic carbocycles. The molecule has 3 nitrogen and oxygen atoms in total. The summed E-state index contributed by atoms with van der Waals surface area (Å²) in [5, 5.41) is 3.38. The summed E-state index contributed by atoms with van der Waals surface area (Å²) < 4.78 is 6.23. The second-order valence-corrected chi connectivity index (χ2v) is 6.11. The number of rotatable bonds is 5. The fourth-order valence-corrected chi connectivity index (χ4v) is 3.21. The molecule has 1 atom stereocenters. The van der Waals surface area contributed by atoms with Gasteiger partial charge in [-0.05, 0) is 53.7 Å². The molecule has 110 valence electrons. The Kier molecular flexibility index (Phi) is 5.89. The number of esters is 1. The summed E-state index contributed by atoms with van der Waals surface area (Å²) in [5.41, 5.74) is 0.955. The zero-order valence-electron chi connectivity index (χ0n) is 11.9. The molecule has 1 aromatic rings. The predicted octanol–water partition coefficient (Wildman–Crippen LogP) is 4.37. The normalized spacial score (nSPS) is 17.5. The Morgan fingerprint density at radius 1 is 1.35 bits per heavy atom. The standard InChI is InChI=1S/C16H22BrNO2/c1-2-20-16(19)15(12-8-4-3-5-9-12)18-14-11-7-6-10-13(14)17/h6-7,10-12,15,18H,2-5,8-9H2,1H3. The van der Waals surface area contributed by atoms with E-state index >= 15 is 0 Å². The average Bonchev–Trinajstić information content (AvgIpc) is 2.47. The van der Waals surface area contributed by atoms with Gasteiger partial charge in [-0.15, -0.1) is 0 Å². The van der Waals surface area contributed by atoms with Crippen LogP contribution in [0.3, 0.4) is 0 Å². The number of para-hydroxylation sites is 1. The molecule has 1 unspecified atom stereocenters. The lowest BCUT2D eigenvalue weighted by Gasteiger charge is -2.30. The second-order valence-electron chi connectivity index (χ2n) is 5.25. The van der Waals surface area contributed by atoms with Crippen LogP contribution in [0.2, 0.25) is 0 Å². The van der Waals surface area contributed by atoms with Crippen molar-refractivity contribution in [2.24, 2.45) is 5.92 Å². The second kappa shape index (κ2) is 7.67. The highest BCUT2D eigenvalue weighted by atomic mass is 79.9. The summed E-state index contributed by atoms with van der Waals surface area (Å²) in [5.74, 6) is 0.241. The monoisotopic (exact) mass is 339 g/mol. The molecule has 1 aromatic carbocycles. The molecule has 0 radical (unpaired) electrons. The van der Waals surface area contributed by atoms with E-state index in [-0.39, 0.29) is 12.0 Å². The van der Waals surface area contributed by atoms with Gasteiger partial charge in [-0.2, -0.15) is 0 Å². The largest absolute Gasteiger partial charge is 0.464 e. The fraction of sp³-hybridized carbons (Fsp3) is 0.562. The van der Waals surface area contributed by atoms with Crippen LogP contribution >= 0.6 is 15.9 Å². The van der Waals surface area contributed by atoms with Crippen LogP contribution in [0.25, 0.3) is 0 Å². The summed E-state index contributed by atoms with van der Waals surface area (Å²) in [6, 6.07) is 7.66. The van der Waals surface area contributed by atoms with Gasteiger partial charge in [0, 0.05) is 10.2 Å². The van der Waals surface area contributed by atoms with Gasteiger partial charge >= 0.3 is 5.97 Å². The first-order valence-electron chi connectivity index (χ1n) is 7.40. The molecule has 0 heterocycles. The van der Waals surface area contributed by atoms with Crippen molar-refractivity contribution in [1.29, 1.82) is 0 Å². The van der Waals surface area contributed by atoms with Crippen LogP contribution in [0.1, 0.15) is 39.0 Å². The van der Waals surface area contributed by atoms with Gasteiger partial charge in [-0.1, -0.05) is 31.4 Å². The minimum absolute atomic E-state index is 0.129. The number of anilines is 1. The van der Waals surface area contributed by atoms with Crippen LogP contribution in [0, 0.1) is 5.92 Å². The molecule has 0 saturated heterocycles. The molecule has 1 saturated carbocycles. The molecule has 0 bridgehead atoms. The van der Waals surface area contributed by atoms with Crippen molar-refractivity contribution in [3.8, 4) is 0 Å². The molecule has 20 heavy (non-hydrogen) atoms. The van der Waals surface area contributed by atoms with Crippen molar-refractivity contribution in [1.82, 2.24) is 0 Å². The number of nitrogens with one attached hydrogen (secondary N) is 1. The van der Waals surface area contributed by atoms with E-state index < -0.39 is 0 Å². The Hall–Kier alpha value is -1.03. The summed E-state index contributed by atoms with van der Waals surface area (Å²) in [7, 11) is 0. The Balaban J connectivity index is 2.13. The Bertz CT molecular complexity index is 444. The van der Waals surface area contributed by atoms with Gasteiger partial charge in [0.1, 0.15) is 6.04 Å². The van der Waals surface area contributed by atoms with Gasteiger partial charge < -0.3 is 10.1 Å². The van der Waals surface area contributed by atoms with Crippen LogP contribution < -0.4 is 5.32 Å². The average molecular weight is 340 g/mol. The number of hydrogen-bond donors (Lipinski definition) is 1. The maximum Gasteiger partial charge on any atom is 0.328 e. The van der Waals surface area contributed by atoms with Crippen molar-refractivity contribution in [3.63, 3.8) is 0 Å². The Morgan fingerprint density at radius 3 is 2.70 bits per heavy atom. The van der Waals surface area contributed by atoms with Crippen LogP contribution in [-0.4, -0.2) is 18.6 Å². The number of benzene rings is 1. The van der Waals surface area contributed by atoms with Crippen molar-refractivity contribution in [2.75, 3.05) is 11.9 Å². The molecule has 0 amide bonds. The summed E-state index contributed by atoms with van der Waals surface area (Å²) in [6.07, 6.45) is 5.89. The summed E-state index contributed by atoms with van der Waals surface area (Å²) >= 11 is 3.52. The molecule has 1 N–H and O–H groups in total. The highest BCUT2D eigenvalue weighted by Crippen LogP contribution is 2.30. The van der Waals surface area contributed by atoms with Gasteiger partial charge in [-0.3, -0.25) is 0 Å². The van der Waals surface area contributed by atoms with Gasteiger partial charge in [0.05, 0.1) is 6.61 Å². The molecule has 0 aromatic heterocycles. The van der Waals surface area contributed by atoms with Crippen molar-refractivity contribution in [2.45, 2.75) is 45.1 Å². The molecular formula is C16H22BrNO2. The quantitative estimate of drug-likeness (QED) is 0.809. The minimum atomic E-state index is -0.242. The number of carbonyl (C=O) groups is 1. The summed E-state index contributed by atoms with van der Waals surface area (Å²) in [4.78, 5) is 12.3. The molecule has 2 rings (SSSR count). The lowest BCUT2D eigenvalue weighted by molar-refractivity contribution is -0.145. The van der Waals surface area contributed by atoms with E-state index in [1.54, 1.807) is 0 Å². The van der Waals surface area contributed by atoms with Crippen LogP contribution in [-0.2, 0) is 9.53 Å². The van der Waals surface area contributed by atoms with Gasteiger partial charge in [0.2, 0.25) is 0 Å². The van der Waals surface area contributed by atoms with Crippen LogP contribution in [0.4, 0.5) is 5.69 Å². The lowest BCUT2D eigenvalue weighted by atomic mass is 9.83. The third-order valence-corrected chi connectivity index (χ3v) is 4.54. The SMILES string of the molecule is CCOC(=O)C(Nc1ccccc1Br)C1CCCCC1. The molecule has 1 fully saturated rings. The first kappa shape index (κ1) is 15.4. The van der Waals surface area contributed by atoms with Gasteiger partial charge in [0.25, 0.3) is 0 Å². The first-order chi connectivity index (χ1) is 9.72. The van der Waals surface area contributed by atoms with E-state index in [2.05, 4.69) is 21.2 Å². The van der Waals surface area contributed by atoms with E-state index in [0.29, 0.717) is 12.5 Å². The van der Waals surface area contributed by atoms with E-state index in [4.69, 9.17) is 4.74 Å². The van der Waals surface area contributed by atoms with E-state index in [0.717, 1.165) is 23.0 Å². The first-order valence-corrected chi connectivity index (χ1v) is 8.19. The number of ether oxygens (including phenoxy) is 1. The third-order valence-electron chi connectivity index (χ3n) is 3.85. The number of carbonyl (C=O) groups excluding carboxylic acids is 1. The maximum absolute atomic E-state index is 12.3. The lowest BCUT2D eigenvalue weighted by Crippen LogP contribution is -2.39. The van der Waals surface area contributed by atoms with Crippen molar-refractivity contribution < 1.29 is 9.53 Å². The van der Waals surface area contributed by atoms with Crippen LogP contribution in [0.15, 0.2) is 28.7 Å². The molecule has 1 aliphatic rings. The maximum atomic E-state index is 12.3. The molecule has 0 aliphatic heterocycles. The Morgan fingerprint density at radius 2 is 2.05 bits per heavy atom. The van der Waals surface area contributed by atoms with E-state index in [1.807, 2.05) is 31.2 Å². The van der Waals surface area contributed by atoms with Gasteiger partial charge in [-0.25, -0.2) is 4.79 Å². The van der Waals surface area contributed by atoms with Crippen LogP contribution in [0.5, 0.6) is 0 Å². The highest BCUT2D eigenvalue weighted by Gasteiger charge is 2.30. The van der Waals surface area contributed by atoms with Crippen molar-refractivity contribution in [3.05, 3.63) is 28.7 Å². The topological polar surface area (TPSA) is 38.3 Å².